The number of guanidine groups is 1. The van der Waals surface area contributed by atoms with E-state index in [1.807, 2.05) is 0 Å². The fourth-order valence-corrected chi connectivity index (χ4v) is 3.99. The molecule has 0 spiro atoms. The first kappa shape index (κ1) is 25.1. The number of amides is 1. The number of carbonyl (C=O) groups excluding carboxylic acids is 1. The lowest BCUT2D eigenvalue weighted by Gasteiger charge is -2.32. The Morgan fingerprint density at radius 2 is 2.04 bits per heavy atom. The maximum atomic E-state index is 11.5. The lowest BCUT2D eigenvalue weighted by Crippen LogP contribution is -2.50. The quantitative estimate of drug-likeness (QED) is 0.303. The van der Waals surface area contributed by atoms with Crippen LogP contribution < -0.4 is 16.0 Å². The van der Waals surface area contributed by atoms with Crippen molar-refractivity contribution in [3.8, 4) is 0 Å². The zero-order valence-corrected chi connectivity index (χ0v) is 20.8. The number of likely N-dealkylation sites (tertiary alicyclic amines) is 1. The Labute approximate surface area is 190 Å². The van der Waals surface area contributed by atoms with Crippen LogP contribution in [0.25, 0.3) is 0 Å². The Kier molecular flexibility index (Phi) is 10.7. The predicted octanol–water partition coefficient (Wildman–Crippen LogP) is 1.98. The fourth-order valence-electron chi connectivity index (χ4n) is 2.96. The summed E-state index contributed by atoms with van der Waals surface area (Å²) >= 11 is 1.73. The molecule has 7 nitrogen and oxygen atoms in total. The van der Waals surface area contributed by atoms with Gasteiger partial charge in [-0.1, -0.05) is 20.8 Å². The van der Waals surface area contributed by atoms with Crippen LogP contribution in [0.2, 0.25) is 0 Å². The second-order valence-corrected chi connectivity index (χ2v) is 8.94. The van der Waals surface area contributed by atoms with Crippen molar-refractivity contribution in [1.82, 2.24) is 25.8 Å². The van der Waals surface area contributed by atoms with E-state index in [0.717, 1.165) is 55.6 Å². The molecular formula is C19H35IN6OS. The maximum absolute atomic E-state index is 11.5. The molecule has 0 bridgehead atoms. The van der Waals surface area contributed by atoms with Gasteiger partial charge in [0.25, 0.3) is 0 Å². The molecule has 1 fully saturated rings. The largest absolute Gasteiger partial charge is 0.358 e. The van der Waals surface area contributed by atoms with Crippen LogP contribution >= 0.6 is 35.3 Å². The SMILES string of the molecule is CN=C(NCCc1nc(C(C)(C)C)cs1)NC1CCN(CC(=O)NC)CC1.I. The zero-order valence-electron chi connectivity index (χ0n) is 17.7. The summed E-state index contributed by atoms with van der Waals surface area (Å²) < 4.78 is 0. The molecule has 0 atom stereocenters. The van der Waals surface area contributed by atoms with Gasteiger partial charge in [-0.3, -0.25) is 14.7 Å². The van der Waals surface area contributed by atoms with Gasteiger partial charge in [-0.25, -0.2) is 4.98 Å². The van der Waals surface area contributed by atoms with Crippen LogP contribution in [-0.2, 0) is 16.6 Å². The number of rotatable bonds is 6. The third-order valence-corrected chi connectivity index (χ3v) is 5.66. The van der Waals surface area contributed by atoms with E-state index in [0.29, 0.717) is 12.6 Å². The number of halogens is 1. The van der Waals surface area contributed by atoms with Crippen molar-refractivity contribution in [1.29, 1.82) is 0 Å². The molecule has 1 aliphatic heterocycles. The average molecular weight is 523 g/mol. The Bertz CT molecular complexity index is 635. The molecule has 0 radical (unpaired) electrons. The van der Waals surface area contributed by atoms with E-state index in [9.17, 15) is 4.79 Å². The van der Waals surface area contributed by atoms with Crippen molar-refractivity contribution in [2.45, 2.75) is 51.5 Å². The summed E-state index contributed by atoms with van der Waals surface area (Å²) in [6, 6.07) is 0.393. The normalized spacial score (nSPS) is 16.4. The van der Waals surface area contributed by atoms with Crippen LogP contribution in [0.1, 0.15) is 44.3 Å². The predicted molar refractivity (Wildman–Crippen MR) is 128 cm³/mol. The summed E-state index contributed by atoms with van der Waals surface area (Å²) in [5.74, 6) is 0.919. The van der Waals surface area contributed by atoms with Gasteiger partial charge < -0.3 is 16.0 Å². The van der Waals surface area contributed by atoms with Gasteiger partial charge in [0.15, 0.2) is 5.96 Å². The van der Waals surface area contributed by atoms with E-state index in [1.165, 1.54) is 0 Å². The maximum Gasteiger partial charge on any atom is 0.233 e. The van der Waals surface area contributed by atoms with Gasteiger partial charge in [-0.15, -0.1) is 35.3 Å². The number of carbonyl (C=O) groups is 1. The van der Waals surface area contributed by atoms with Gasteiger partial charge >= 0.3 is 0 Å². The fraction of sp³-hybridized carbons (Fsp3) is 0.737. The van der Waals surface area contributed by atoms with Crippen molar-refractivity contribution in [3.63, 3.8) is 0 Å². The average Bonchev–Trinajstić information content (AvgIpc) is 3.11. The number of nitrogens with one attached hydrogen (secondary N) is 3. The number of likely N-dealkylation sites (N-methyl/N-ethyl adjacent to an activating group) is 1. The molecule has 2 heterocycles. The van der Waals surface area contributed by atoms with Gasteiger partial charge in [0, 0.05) is 57.0 Å². The van der Waals surface area contributed by atoms with Crippen LogP contribution in [0.4, 0.5) is 0 Å². The molecule has 0 aromatic carbocycles. The molecule has 1 amide bonds. The lowest BCUT2D eigenvalue weighted by atomic mass is 9.93. The van der Waals surface area contributed by atoms with Crippen molar-refractivity contribution < 1.29 is 4.79 Å². The van der Waals surface area contributed by atoms with Crippen LogP contribution in [0.3, 0.4) is 0 Å². The summed E-state index contributed by atoms with van der Waals surface area (Å²) in [5.41, 5.74) is 1.26. The minimum absolute atomic E-state index is 0. The molecule has 0 unspecified atom stereocenters. The molecule has 1 saturated heterocycles. The summed E-state index contributed by atoms with van der Waals surface area (Å²) in [7, 11) is 3.49. The number of hydrogen-bond donors (Lipinski definition) is 3. The first-order valence-electron chi connectivity index (χ1n) is 9.67. The van der Waals surface area contributed by atoms with Crippen LogP contribution in [0, 0.1) is 0 Å². The number of hydrogen-bond acceptors (Lipinski definition) is 5. The molecular weight excluding hydrogens is 487 g/mol. The molecule has 0 saturated carbocycles. The Morgan fingerprint density at radius 1 is 1.36 bits per heavy atom. The van der Waals surface area contributed by atoms with Crippen molar-refractivity contribution in [2.75, 3.05) is 40.3 Å². The molecule has 1 aromatic heterocycles. The van der Waals surface area contributed by atoms with Gasteiger partial charge in [0.05, 0.1) is 17.2 Å². The highest BCUT2D eigenvalue weighted by atomic mass is 127. The lowest BCUT2D eigenvalue weighted by molar-refractivity contribution is -0.122. The molecule has 28 heavy (non-hydrogen) atoms. The summed E-state index contributed by atoms with van der Waals surface area (Å²) in [6.07, 6.45) is 2.92. The highest BCUT2D eigenvalue weighted by Gasteiger charge is 2.21. The first-order chi connectivity index (χ1) is 12.8. The molecule has 1 aromatic rings. The van der Waals surface area contributed by atoms with E-state index in [1.54, 1.807) is 25.4 Å². The number of aromatic nitrogens is 1. The van der Waals surface area contributed by atoms with Gasteiger partial charge in [0.2, 0.25) is 5.91 Å². The second kappa shape index (κ2) is 11.9. The summed E-state index contributed by atoms with van der Waals surface area (Å²) in [4.78, 5) is 22.7. The van der Waals surface area contributed by atoms with E-state index in [4.69, 9.17) is 4.98 Å². The van der Waals surface area contributed by atoms with E-state index in [-0.39, 0.29) is 35.3 Å². The van der Waals surface area contributed by atoms with Crippen molar-refractivity contribution in [3.05, 3.63) is 16.1 Å². The summed E-state index contributed by atoms with van der Waals surface area (Å²) in [6.45, 7) is 9.72. The highest BCUT2D eigenvalue weighted by molar-refractivity contribution is 14.0. The van der Waals surface area contributed by atoms with E-state index < -0.39 is 0 Å². The topological polar surface area (TPSA) is 81.7 Å². The standard InChI is InChI=1S/C19H34N6OS.HI/c1-19(2,3)15-13-27-17(24-15)6-9-22-18(21-5)23-14-7-10-25(11-8-14)12-16(26)20-4;/h13-14H,6-12H2,1-5H3,(H,20,26)(H2,21,22,23);1H. The molecule has 0 aliphatic carbocycles. The first-order valence-corrected chi connectivity index (χ1v) is 10.5. The molecule has 2 rings (SSSR count). The van der Waals surface area contributed by atoms with Crippen LogP contribution in [0.15, 0.2) is 10.4 Å². The minimum atomic E-state index is 0. The third-order valence-electron chi connectivity index (χ3n) is 4.75. The Morgan fingerprint density at radius 3 is 2.57 bits per heavy atom. The number of thiazole rings is 1. The van der Waals surface area contributed by atoms with Crippen LogP contribution in [-0.4, -0.2) is 68.1 Å². The van der Waals surface area contributed by atoms with E-state index in [2.05, 4.69) is 52.0 Å². The third kappa shape index (κ3) is 8.20. The van der Waals surface area contributed by atoms with Gasteiger partial charge in [-0.2, -0.15) is 0 Å². The van der Waals surface area contributed by atoms with Crippen molar-refractivity contribution >= 4 is 47.2 Å². The molecule has 1 aliphatic rings. The smallest absolute Gasteiger partial charge is 0.233 e. The monoisotopic (exact) mass is 522 g/mol. The number of piperidine rings is 1. The Hall–Kier alpha value is -0.940. The molecule has 3 N–H and O–H groups in total. The van der Waals surface area contributed by atoms with Crippen molar-refractivity contribution in [2.24, 2.45) is 4.99 Å². The molecule has 9 heteroatoms. The zero-order chi connectivity index (χ0) is 19.9. The van der Waals surface area contributed by atoms with Crippen LogP contribution in [0.5, 0.6) is 0 Å². The molecule has 160 valence electrons. The second-order valence-electron chi connectivity index (χ2n) is 7.99. The van der Waals surface area contributed by atoms with E-state index >= 15 is 0 Å². The highest BCUT2D eigenvalue weighted by Crippen LogP contribution is 2.23. The minimum Gasteiger partial charge on any atom is -0.358 e. The number of nitrogens with zero attached hydrogens (tertiary/aromatic N) is 3. The van der Waals surface area contributed by atoms with Gasteiger partial charge in [0.1, 0.15) is 0 Å². The van der Waals surface area contributed by atoms with Gasteiger partial charge in [-0.05, 0) is 12.8 Å². The number of aliphatic imine (C=N–C) groups is 1. The Balaban J connectivity index is 0.00000392. The summed E-state index contributed by atoms with van der Waals surface area (Å²) in [5, 5.41) is 12.9.